The summed E-state index contributed by atoms with van der Waals surface area (Å²) in [6, 6.07) is 1.30. The Labute approximate surface area is 117 Å². The molecule has 0 spiro atoms. The van der Waals surface area contributed by atoms with Crippen LogP contribution in [0.5, 0.6) is 0 Å². The third-order valence-electron chi connectivity index (χ3n) is 3.33. The molecule has 0 aliphatic carbocycles. The molecule has 1 rings (SSSR count). The summed E-state index contributed by atoms with van der Waals surface area (Å²) >= 11 is 0. The Morgan fingerprint density at radius 3 is 1.48 bits per heavy atom. The fraction of sp³-hybridized carbons (Fsp3) is 0.462. The van der Waals surface area contributed by atoms with E-state index in [0.29, 0.717) is 18.5 Å². The van der Waals surface area contributed by atoms with Crippen LogP contribution in [0.2, 0.25) is 0 Å². The maximum Gasteiger partial charge on any atom is 0.416 e. The van der Waals surface area contributed by atoms with Crippen molar-refractivity contribution < 1.29 is 31.1 Å². The highest BCUT2D eigenvalue weighted by Crippen LogP contribution is 2.39. The number of rotatable bonds is 3. The predicted octanol–water partition coefficient (Wildman–Crippen LogP) is 4.05. The summed E-state index contributed by atoms with van der Waals surface area (Å²) < 4.78 is 76.5. The molecule has 0 bridgehead atoms. The zero-order valence-corrected chi connectivity index (χ0v) is 11.4. The van der Waals surface area contributed by atoms with Gasteiger partial charge in [-0.05, 0) is 37.6 Å². The molecule has 0 radical (unpaired) electrons. The van der Waals surface area contributed by atoms with Crippen molar-refractivity contribution in [3.63, 3.8) is 0 Å². The van der Waals surface area contributed by atoms with Crippen LogP contribution in [0.1, 0.15) is 30.5 Å². The molecule has 0 aliphatic heterocycles. The van der Waals surface area contributed by atoms with Crippen LogP contribution in [-0.4, -0.2) is 18.4 Å². The van der Waals surface area contributed by atoms with Crippen LogP contribution in [0.15, 0.2) is 18.2 Å². The number of amides is 1. The topological polar surface area (TPSA) is 20.3 Å². The molecule has 0 unspecified atom stereocenters. The SMILES string of the molecule is CN(C=O)C(C)(C)c1cc(C(F)(F)F)cc(C(F)(F)F)c1. The number of carbonyl (C=O) groups excluding carboxylic acids is 1. The number of hydrogen-bond donors (Lipinski definition) is 0. The maximum atomic E-state index is 12.8. The van der Waals surface area contributed by atoms with Crippen LogP contribution in [0.3, 0.4) is 0 Å². The van der Waals surface area contributed by atoms with Gasteiger partial charge in [0.2, 0.25) is 6.41 Å². The normalized spacial score (nSPS) is 13.2. The first-order chi connectivity index (χ1) is 9.30. The van der Waals surface area contributed by atoms with Gasteiger partial charge in [0.05, 0.1) is 16.7 Å². The van der Waals surface area contributed by atoms with Crippen molar-refractivity contribution in [3.05, 3.63) is 34.9 Å². The molecule has 0 fully saturated rings. The van der Waals surface area contributed by atoms with Gasteiger partial charge in [-0.3, -0.25) is 4.79 Å². The molecule has 118 valence electrons. The Kier molecular flexibility index (Phi) is 4.32. The Bertz CT molecular complexity index is 500. The lowest BCUT2D eigenvalue weighted by Crippen LogP contribution is -2.38. The van der Waals surface area contributed by atoms with Crippen molar-refractivity contribution in [2.24, 2.45) is 0 Å². The van der Waals surface area contributed by atoms with Crippen LogP contribution >= 0.6 is 0 Å². The molecule has 2 nitrogen and oxygen atoms in total. The highest BCUT2D eigenvalue weighted by atomic mass is 19.4. The van der Waals surface area contributed by atoms with Crippen LogP contribution < -0.4 is 0 Å². The van der Waals surface area contributed by atoms with Crippen LogP contribution in [-0.2, 0) is 22.7 Å². The zero-order valence-electron chi connectivity index (χ0n) is 11.4. The molecule has 0 aromatic heterocycles. The number of halogens is 6. The largest absolute Gasteiger partial charge is 0.416 e. The van der Waals surface area contributed by atoms with Crippen molar-refractivity contribution in [1.29, 1.82) is 0 Å². The number of benzene rings is 1. The average molecular weight is 313 g/mol. The van der Waals surface area contributed by atoms with Gasteiger partial charge in [-0.2, -0.15) is 26.3 Å². The van der Waals surface area contributed by atoms with E-state index >= 15 is 0 Å². The second kappa shape index (κ2) is 5.23. The molecule has 0 saturated heterocycles. The third-order valence-corrected chi connectivity index (χ3v) is 3.33. The van der Waals surface area contributed by atoms with Crippen molar-refractivity contribution in [1.82, 2.24) is 4.90 Å². The average Bonchev–Trinajstić information content (AvgIpc) is 2.35. The first-order valence-corrected chi connectivity index (χ1v) is 5.78. The van der Waals surface area contributed by atoms with E-state index in [4.69, 9.17) is 0 Å². The molecule has 1 aromatic carbocycles. The van der Waals surface area contributed by atoms with E-state index < -0.39 is 29.0 Å². The molecule has 0 heterocycles. The fourth-order valence-corrected chi connectivity index (χ4v) is 1.64. The molecular weight excluding hydrogens is 300 g/mol. The summed E-state index contributed by atoms with van der Waals surface area (Å²) in [6.07, 6.45) is -9.48. The highest BCUT2D eigenvalue weighted by molar-refractivity contribution is 5.50. The molecular formula is C13H13F6NO. The summed E-state index contributed by atoms with van der Waals surface area (Å²) in [5.74, 6) is 0. The molecule has 0 N–H and O–H groups in total. The minimum Gasteiger partial charge on any atom is -0.339 e. The van der Waals surface area contributed by atoms with E-state index in [9.17, 15) is 31.1 Å². The van der Waals surface area contributed by atoms with Gasteiger partial charge >= 0.3 is 12.4 Å². The molecule has 0 saturated carbocycles. The van der Waals surface area contributed by atoms with E-state index in [1.807, 2.05) is 0 Å². The van der Waals surface area contributed by atoms with E-state index in [2.05, 4.69) is 0 Å². The van der Waals surface area contributed by atoms with E-state index in [0.717, 1.165) is 4.90 Å². The van der Waals surface area contributed by atoms with Crippen molar-refractivity contribution in [3.8, 4) is 0 Å². The lowest BCUT2D eigenvalue weighted by molar-refractivity contribution is -0.143. The minimum atomic E-state index is -4.91. The smallest absolute Gasteiger partial charge is 0.339 e. The Morgan fingerprint density at radius 2 is 1.19 bits per heavy atom. The standard InChI is InChI=1S/C13H13F6NO/c1-11(2,20(3)7-21)8-4-9(12(14,15)16)6-10(5-8)13(17,18)19/h4-7H,1-3H3. The second-order valence-corrected chi connectivity index (χ2v) is 5.07. The maximum absolute atomic E-state index is 12.8. The molecule has 1 aromatic rings. The van der Waals surface area contributed by atoms with Crippen LogP contribution in [0.4, 0.5) is 26.3 Å². The molecule has 0 aliphatic rings. The summed E-state index contributed by atoms with van der Waals surface area (Å²) in [5, 5.41) is 0. The molecule has 21 heavy (non-hydrogen) atoms. The van der Waals surface area contributed by atoms with Gasteiger partial charge < -0.3 is 4.90 Å². The summed E-state index contributed by atoms with van der Waals surface area (Å²) in [6.45, 7) is 2.72. The van der Waals surface area contributed by atoms with Crippen LogP contribution in [0.25, 0.3) is 0 Å². The summed E-state index contributed by atoms with van der Waals surface area (Å²) in [5.41, 5.74) is -4.37. The van der Waals surface area contributed by atoms with Gasteiger partial charge in [0.1, 0.15) is 0 Å². The predicted molar refractivity (Wildman–Crippen MR) is 63.3 cm³/mol. The van der Waals surface area contributed by atoms with E-state index in [-0.39, 0.29) is 11.6 Å². The lowest BCUT2D eigenvalue weighted by atomic mass is 9.89. The van der Waals surface area contributed by atoms with E-state index in [1.54, 1.807) is 0 Å². The van der Waals surface area contributed by atoms with Gasteiger partial charge in [-0.1, -0.05) is 0 Å². The molecule has 8 heteroatoms. The van der Waals surface area contributed by atoms with Crippen LogP contribution in [0, 0.1) is 0 Å². The third kappa shape index (κ3) is 3.68. The number of hydrogen-bond acceptors (Lipinski definition) is 1. The van der Waals surface area contributed by atoms with Gasteiger partial charge in [-0.25, -0.2) is 0 Å². The Morgan fingerprint density at radius 1 is 0.857 bits per heavy atom. The Balaban J connectivity index is 3.57. The van der Waals surface area contributed by atoms with Gasteiger partial charge in [0.15, 0.2) is 0 Å². The Hall–Kier alpha value is -1.73. The van der Waals surface area contributed by atoms with E-state index in [1.165, 1.54) is 20.9 Å². The monoisotopic (exact) mass is 313 g/mol. The first-order valence-electron chi connectivity index (χ1n) is 5.78. The van der Waals surface area contributed by atoms with Crippen molar-refractivity contribution in [2.45, 2.75) is 31.7 Å². The second-order valence-electron chi connectivity index (χ2n) is 5.07. The van der Waals surface area contributed by atoms with Crippen molar-refractivity contribution in [2.75, 3.05) is 7.05 Å². The fourth-order valence-electron chi connectivity index (χ4n) is 1.64. The van der Waals surface area contributed by atoms with Crippen molar-refractivity contribution >= 4 is 6.41 Å². The van der Waals surface area contributed by atoms with Gasteiger partial charge in [0, 0.05) is 7.05 Å². The zero-order chi connectivity index (χ0) is 16.6. The highest BCUT2D eigenvalue weighted by Gasteiger charge is 2.39. The van der Waals surface area contributed by atoms with Gasteiger partial charge in [-0.15, -0.1) is 0 Å². The van der Waals surface area contributed by atoms with Gasteiger partial charge in [0.25, 0.3) is 0 Å². The lowest BCUT2D eigenvalue weighted by Gasteiger charge is -2.34. The summed E-state index contributed by atoms with van der Waals surface area (Å²) in [7, 11) is 1.28. The minimum absolute atomic E-state index is 0.0560. The quantitative estimate of drug-likeness (QED) is 0.609. The number of alkyl halides is 6. The first kappa shape index (κ1) is 17.3. The molecule has 0 atom stereocenters. The molecule has 1 amide bonds. The number of carbonyl (C=O) groups is 1. The number of nitrogens with zero attached hydrogens (tertiary/aromatic N) is 1. The summed E-state index contributed by atoms with van der Waals surface area (Å²) in [4.78, 5) is 11.8.